The smallest absolute Gasteiger partial charge is 0.416 e. The van der Waals surface area contributed by atoms with Crippen LogP contribution in [0.5, 0.6) is 17.2 Å². The summed E-state index contributed by atoms with van der Waals surface area (Å²) >= 11 is 0. The van der Waals surface area contributed by atoms with Crippen molar-refractivity contribution < 1.29 is 42.1 Å². The van der Waals surface area contributed by atoms with Crippen LogP contribution in [0.15, 0.2) is 72.3 Å². The highest BCUT2D eigenvalue weighted by Gasteiger charge is 2.47. The number of alkyl halides is 3. The van der Waals surface area contributed by atoms with E-state index in [9.17, 15) is 27.9 Å². The number of rotatable bonds is 4. The quantitative estimate of drug-likeness (QED) is 0.298. The van der Waals surface area contributed by atoms with Gasteiger partial charge in [0.2, 0.25) is 0 Å². The summed E-state index contributed by atoms with van der Waals surface area (Å²) < 4.78 is 56.5. The molecule has 5 rings (SSSR count). The third kappa shape index (κ3) is 4.35. The number of nitrogens with zero attached hydrogens (tertiary/aromatic N) is 1. The molecule has 0 spiro atoms. The fourth-order valence-corrected chi connectivity index (χ4v) is 4.38. The summed E-state index contributed by atoms with van der Waals surface area (Å²) in [6.45, 7) is 0.654. The van der Waals surface area contributed by atoms with Gasteiger partial charge in [-0.15, -0.1) is 0 Å². The Morgan fingerprint density at radius 1 is 0.973 bits per heavy atom. The Hall–Kier alpha value is -4.47. The second-order valence-corrected chi connectivity index (χ2v) is 8.35. The first-order chi connectivity index (χ1) is 17.7. The van der Waals surface area contributed by atoms with E-state index in [1.54, 1.807) is 30.3 Å². The van der Waals surface area contributed by atoms with E-state index in [1.165, 1.54) is 25.3 Å². The summed E-state index contributed by atoms with van der Waals surface area (Å²) in [6, 6.07) is 13.8. The lowest BCUT2D eigenvalue weighted by Crippen LogP contribution is -2.29. The molecular formula is C27H20F3NO6. The van der Waals surface area contributed by atoms with Crippen LogP contribution in [0.1, 0.15) is 22.7 Å². The first-order valence-electron chi connectivity index (χ1n) is 11.2. The second-order valence-electron chi connectivity index (χ2n) is 8.35. The molecule has 1 N–H and O–H groups in total. The largest absolute Gasteiger partial charge is 0.507 e. The normalized spacial score (nSPS) is 18.7. The van der Waals surface area contributed by atoms with E-state index < -0.39 is 35.2 Å². The number of hydrogen-bond acceptors (Lipinski definition) is 6. The number of hydrogen-bond donors (Lipinski definition) is 1. The Labute approximate surface area is 209 Å². The highest BCUT2D eigenvalue weighted by Crippen LogP contribution is 2.44. The molecule has 0 radical (unpaired) electrons. The van der Waals surface area contributed by atoms with Crippen molar-refractivity contribution in [3.8, 4) is 17.2 Å². The maximum Gasteiger partial charge on any atom is 0.416 e. The van der Waals surface area contributed by atoms with E-state index in [2.05, 4.69) is 0 Å². The number of halogens is 3. The monoisotopic (exact) mass is 511 g/mol. The molecule has 1 unspecified atom stereocenters. The van der Waals surface area contributed by atoms with Crippen LogP contribution in [0.2, 0.25) is 0 Å². The van der Waals surface area contributed by atoms with Crippen LogP contribution in [-0.4, -0.2) is 37.1 Å². The van der Waals surface area contributed by atoms with Gasteiger partial charge in [-0.1, -0.05) is 18.2 Å². The number of fused-ring (bicyclic) bond motifs is 1. The Kier molecular flexibility index (Phi) is 6.02. The van der Waals surface area contributed by atoms with Gasteiger partial charge in [0.05, 0.1) is 24.3 Å². The molecule has 3 aromatic rings. The summed E-state index contributed by atoms with van der Waals surface area (Å²) in [5.41, 5.74) is -0.822. The summed E-state index contributed by atoms with van der Waals surface area (Å²) in [5, 5.41) is 11.3. The Morgan fingerprint density at radius 2 is 1.68 bits per heavy atom. The van der Waals surface area contributed by atoms with Crippen molar-refractivity contribution in [2.24, 2.45) is 0 Å². The van der Waals surface area contributed by atoms with Gasteiger partial charge < -0.3 is 19.3 Å². The lowest BCUT2D eigenvalue weighted by atomic mass is 9.94. The molecule has 2 heterocycles. The van der Waals surface area contributed by atoms with Gasteiger partial charge in [0.1, 0.15) is 24.7 Å². The van der Waals surface area contributed by atoms with E-state index in [0.717, 1.165) is 23.1 Å². The summed E-state index contributed by atoms with van der Waals surface area (Å²) in [5.74, 6) is -1.30. The minimum Gasteiger partial charge on any atom is -0.507 e. The first-order valence-corrected chi connectivity index (χ1v) is 11.2. The molecule has 0 saturated carbocycles. The molecular weight excluding hydrogens is 491 g/mol. The molecule has 1 atom stereocenters. The van der Waals surface area contributed by atoms with Gasteiger partial charge in [-0.05, 0) is 54.1 Å². The lowest BCUT2D eigenvalue weighted by Gasteiger charge is -2.26. The molecule has 37 heavy (non-hydrogen) atoms. The van der Waals surface area contributed by atoms with Crippen LogP contribution < -0.4 is 19.1 Å². The van der Waals surface area contributed by atoms with Gasteiger partial charge in [0, 0.05) is 11.3 Å². The van der Waals surface area contributed by atoms with Gasteiger partial charge in [-0.25, -0.2) is 0 Å². The number of benzene rings is 3. The number of aliphatic hydroxyl groups excluding tert-OH is 1. The highest BCUT2D eigenvalue weighted by atomic mass is 19.4. The summed E-state index contributed by atoms with van der Waals surface area (Å²) in [7, 11) is 1.46. The first kappa shape index (κ1) is 24.2. The average molecular weight is 511 g/mol. The third-order valence-electron chi connectivity index (χ3n) is 6.14. The zero-order chi connectivity index (χ0) is 26.3. The van der Waals surface area contributed by atoms with Gasteiger partial charge in [0.15, 0.2) is 11.5 Å². The van der Waals surface area contributed by atoms with Crippen LogP contribution in [0.4, 0.5) is 18.9 Å². The SMILES string of the molecule is COc1ccc(C2/C(=C(/O)c3ccc4c(c3)OCCO4)C(=O)C(=O)N2c2cccc(C(F)(F)F)c2)cc1. The minimum absolute atomic E-state index is 0.140. The molecule has 1 amide bonds. The molecule has 190 valence electrons. The van der Waals surface area contributed by atoms with Gasteiger partial charge >= 0.3 is 6.18 Å². The minimum atomic E-state index is -4.66. The molecule has 7 nitrogen and oxygen atoms in total. The summed E-state index contributed by atoms with van der Waals surface area (Å²) in [6.07, 6.45) is -4.66. The molecule has 1 fully saturated rings. The number of carbonyl (C=O) groups excluding carboxylic acids is 2. The van der Waals surface area contributed by atoms with Gasteiger partial charge in [-0.3, -0.25) is 14.5 Å². The number of anilines is 1. The Bertz CT molecular complexity index is 1410. The molecule has 0 aliphatic carbocycles. The second kappa shape index (κ2) is 9.20. The number of ketones is 1. The zero-order valence-corrected chi connectivity index (χ0v) is 19.4. The molecule has 2 aliphatic rings. The number of amides is 1. The molecule has 2 aliphatic heterocycles. The molecule has 3 aromatic carbocycles. The zero-order valence-electron chi connectivity index (χ0n) is 19.4. The van der Waals surface area contributed by atoms with Crippen LogP contribution in [0.3, 0.4) is 0 Å². The summed E-state index contributed by atoms with van der Waals surface area (Å²) in [4.78, 5) is 27.5. The maximum absolute atomic E-state index is 13.4. The third-order valence-corrected chi connectivity index (χ3v) is 6.14. The Morgan fingerprint density at radius 3 is 2.35 bits per heavy atom. The van der Waals surface area contributed by atoms with Crippen molar-refractivity contribution in [3.63, 3.8) is 0 Å². The molecule has 10 heteroatoms. The van der Waals surface area contributed by atoms with Crippen LogP contribution in [0, 0.1) is 0 Å². The number of aliphatic hydroxyl groups is 1. The van der Waals surface area contributed by atoms with E-state index in [-0.39, 0.29) is 16.8 Å². The average Bonchev–Trinajstić information content (AvgIpc) is 3.17. The fourth-order valence-electron chi connectivity index (χ4n) is 4.38. The number of Topliss-reactive ketones (excluding diaryl/α,β-unsaturated/α-hetero) is 1. The van der Waals surface area contributed by atoms with E-state index in [0.29, 0.717) is 36.0 Å². The van der Waals surface area contributed by atoms with E-state index in [4.69, 9.17) is 14.2 Å². The maximum atomic E-state index is 13.4. The highest BCUT2D eigenvalue weighted by molar-refractivity contribution is 6.51. The van der Waals surface area contributed by atoms with Crippen molar-refractivity contribution in [2.75, 3.05) is 25.2 Å². The number of carbonyl (C=O) groups is 2. The standard InChI is InChI=1S/C27H20F3NO6/c1-35-19-8-5-15(6-9-19)23-22(24(32)16-7-10-20-21(13-16)37-12-11-36-20)25(33)26(34)31(23)18-4-2-3-17(14-18)27(28,29)30/h2-10,13-14,23,32H,11-12H2,1H3/b24-22-. The van der Waals surface area contributed by atoms with Crippen molar-refractivity contribution in [2.45, 2.75) is 12.2 Å². The topological polar surface area (TPSA) is 85.3 Å². The Balaban J connectivity index is 1.69. The van der Waals surface area contributed by atoms with Crippen molar-refractivity contribution in [3.05, 3.63) is 89.0 Å². The molecule has 0 bridgehead atoms. The number of ether oxygens (including phenoxy) is 3. The molecule has 1 saturated heterocycles. The van der Waals surface area contributed by atoms with Gasteiger partial charge in [0.25, 0.3) is 11.7 Å². The van der Waals surface area contributed by atoms with Crippen LogP contribution in [-0.2, 0) is 15.8 Å². The predicted octanol–water partition coefficient (Wildman–Crippen LogP) is 5.11. The lowest BCUT2D eigenvalue weighted by molar-refractivity contribution is -0.137. The van der Waals surface area contributed by atoms with Crippen molar-refractivity contribution in [1.29, 1.82) is 0 Å². The van der Waals surface area contributed by atoms with Gasteiger partial charge in [-0.2, -0.15) is 13.2 Å². The van der Waals surface area contributed by atoms with E-state index >= 15 is 0 Å². The van der Waals surface area contributed by atoms with E-state index in [1.807, 2.05) is 0 Å². The predicted molar refractivity (Wildman–Crippen MR) is 127 cm³/mol. The fraction of sp³-hybridized carbons (Fsp3) is 0.185. The van der Waals surface area contributed by atoms with Crippen molar-refractivity contribution >= 4 is 23.1 Å². The van der Waals surface area contributed by atoms with Crippen LogP contribution in [0.25, 0.3) is 5.76 Å². The van der Waals surface area contributed by atoms with Crippen LogP contribution >= 0.6 is 0 Å². The van der Waals surface area contributed by atoms with Crippen molar-refractivity contribution in [1.82, 2.24) is 0 Å². The number of methoxy groups -OCH3 is 1. The molecule has 0 aromatic heterocycles.